The minimum absolute atomic E-state index is 0.0604. The smallest absolute Gasteiger partial charge is 0.339 e. The molecule has 6 nitrogen and oxygen atoms in total. The van der Waals surface area contributed by atoms with Crippen LogP contribution in [0.25, 0.3) is 0 Å². The topological polar surface area (TPSA) is 78.9 Å². The average molecular weight is 453 g/mol. The molecule has 6 heteroatoms. The Hall–Kier alpha value is -3.02. The molecule has 1 aliphatic heterocycles. The molecule has 0 aromatic heterocycles. The SMILES string of the molecule is CCCOc1cc(CC(=O)NC(CCC)c2ccccc2N2CCCCC2)ccc1C(=O)O. The molecule has 1 aliphatic rings. The Balaban J connectivity index is 1.76. The third-order valence-electron chi connectivity index (χ3n) is 6.02. The summed E-state index contributed by atoms with van der Waals surface area (Å²) in [5.74, 6) is -0.795. The molecule has 0 saturated carbocycles. The zero-order chi connectivity index (χ0) is 23.6. The number of ether oxygens (including phenoxy) is 1. The van der Waals surface area contributed by atoms with E-state index < -0.39 is 5.97 Å². The Morgan fingerprint density at radius 2 is 1.82 bits per heavy atom. The predicted octanol–water partition coefficient (Wildman–Crippen LogP) is 5.36. The van der Waals surface area contributed by atoms with Crippen LogP contribution < -0.4 is 15.0 Å². The van der Waals surface area contributed by atoms with Gasteiger partial charge in [-0.25, -0.2) is 4.79 Å². The van der Waals surface area contributed by atoms with Crippen molar-refractivity contribution in [2.24, 2.45) is 0 Å². The number of amides is 1. The second kappa shape index (κ2) is 12.3. The quantitative estimate of drug-likeness (QED) is 0.480. The molecule has 2 N–H and O–H groups in total. The Morgan fingerprint density at radius 1 is 1.06 bits per heavy atom. The van der Waals surface area contributed by atoms with Gasteiger partial charge in [-0.2, -0.15) is 0 Å². The molecule has 1 unspecified atom stereocenters. The number of anilines is 1. The second-order valence-corrected chi connectivity index (χ2v) is 8.68. The summed E-state index contributed by atoms with van der Waals surface area (Å²) < 4.78 is 5.62. The maximum atomic E-state index is 13.0. The van der Waals surface area contributed by atoms with Crippen molar-refractivity contribution in [3.63, 3.8) is 0 Å². The van der Waals surface area contributed by atoms with E-state index in [1.807, 2.05) is 13.0 Å². The van der Waals surface area contributed by atoms with E-state index in [0.29, 0.717) is 12.4 Å². The fourth-order valence-corrected chi connectivity index (χ4v) is 4.41. The summed E-state index contributed by atoms with van der Waals surface area (Å²) in [6, 6.07) is 13.2. The molecule has 1 amide bonds. The fourth-order valence-electron chi connectivity index (χ4n) is 4.41. The van der Waals surface area contributed by atoms with Crippen molar-refractivity contribution in [3.05, 3.63) is 59.2 Å². The van der Waals surface area contributed by atoms with E-state index in [2.05, 4.69) is 35.3 Å². The van der Waals surface area contributed by atoms with Gasteiger partial charge in [0.2, 0.25) is 5.91 Å². The van der Waals surface area contributed by atoms with Crippen molar-refractivity contribution < 1.29 is 19.4 Å². The summed E-state index contributed by atoms with van der Waals surface area (Å²) in [5, 5.41) is 12.7. The molecule has 2 aromatic rings. The van der Waals surface area contributed by atoms with Crippen molar-refractivity contribution in [2.45, 2.75) is 64.8 Å². The summed E-state index contributed by atoms with van der Waals surface area (Å²) in [6.07, 6.45) is 6.45. The van der Waals surface area contributed by atoms with Gasteiger partial charge in [-0.3, -0.25) is 4.79 Å². The number of aromatic carboxylic acids is 1. The number of para-hydroxylation sites is 1. The first-order valence-corrected chi connectivity index (χ1v) is 12.2. The number of hydrogen-bond donors (Lipinski definition) is 2. The lowest BCUT2D eigenvalue weighted by atomic mass is 9.97. The molecule has 0 aliphatic carbocycles. The Kier molecular flexibility index (Phi) is 9.16. The Labute approximate surface area is 196 Å². The molecule has 1 atom stereocenters. The standard InChI is InChI=1S/C27H36N2O4/c1-3-10-23(21-11-6-7-12-24(21)29-15-8-5-9-16-29)28-26(30)19-20-13-14-22(27(31)32)25(18-20)33-17-4-2/h6-7,11-14,18,23H,3-5,8-10,15-17,19H2,1-2H3,(H,28,30)(H,31,32). The lowest BCUT2D eigenvalue weighted by Gasteiger charge is -2.32. The number of carbonyl (C=O) groups is 2. The van der Waals surface area contributed by atoms with Gasteiger partial charge in [0.05, 0.1) is 19.1 Å². The summed E-state index contributed by atoms with van der Waals surface area (Å²) in [4.78, 5) is 27.0. The van der Waals surface area contributed by atoms with E-state index in [0.717, 1.165) is 37.9 Å². The van der Waals surface area contributed by atoms with Gasteiger partial charge in [-0.15, -0.1) is 0 Å². The highest BCUT2D eigenvalue weighted by Crippen LogP contribution is 2.31. The number of rotatable bonds is 11. The fraction of sp³-hybridized carbons (Fsp3) is 0.481. The van der Waals surface area contributed by atoms with E-state index >= 15 is 0 Å². The largest absolute Gasteiger partial charge is 0.493 e. The van der Waals surface area contributed by atoms with Crippen molar-refractivity contribution >= 4 is 17.6 Å². The lowest BCUT2D eigenvalue weighted by molar-refractivity contribution is -0.121. The number of piperidine rings is 1. The number of carbonyl (C=O) groups excluding carboxylic acids is 1. The van der Waals surface area contributed by atoms with Crippen LogP contribution in [0.3, 0.4) is 0 Å². The van der Waals surface area contributed by atoms with Crippen LogP contribution in [-0.4, -0.2) is 36.7 Å². The first kappa shape index (κ1) is 24.6. The van der Waals surface area contributed by atoms with E-state index in [1.54, 1.807) is 12.1 Å². The highest BCUT2D eigenvalue weighted by Gasteiger charge is 2.21. The maximum Gasteiger partial charge on any atom is 0.339 e. The Morgan fingerprint density at radius 3 is 2.52 bits per heavy atom. The number of carboxylic acid groups (broad SMARTS) is 1. The summed E-state index contributed by atoms with van der Waals surface area (Å²) in [6.45, 7) is 6.64. The van der Waals surface area contributed by atoms with Gasteiger partial charge in [0.15, 0.2) is 0 Å². The molecule has 0 radical (unpaired) electrons. The van der Waals surface area contributed by atoms with Crippen molar-refractivity contribution in [3.8, 4) is 5.75 Å². The number of carboxylic acids is 1. The highest BCUT2D eigenvalue weighted by molar-refractivity contribution is 5.91. The number of hydrogen-bond acceptors (Lipinski definition) is 4. The molecule has 1 fully saturated rings. The Bertz CT molecular complexity index is 937. The van der Waals surface area contributed by atoms with Crippen molar-refractivity contribution in [1.29, 1.82) is 0 Å². The van der Waals surface area contributed by atoms with E-state index in [9.17, 15) is 14.7 Å². The minimum atomic E-state index is -1.03. The van der Waals surface area contributed by atoms with Gasteiger partial charge in [0, 0.05) is 18.8 Å². The number of nitrogens with one attached hydrogen (secondary N) is 1. The molecule has 1 heterocycles. The summed E-state index contributed by atoms with van der Waals surface area (Å²) in [7, 11) is 0. The van der Waals surface area contributed by atoms with Crippen LogP contribution in [0.15, 0.2) is 42.5 Å². The lowest BCUT2D eigenvalue weighted by Crippen LogP contribution is -2.34. The van der Waals surface area contributed by atoms with Gasteiger partial charge in [-0.1, -0.05) is 44.5 Å². The predicted molar refractivity (Wildman–Crippen MR) is 131 cm³/mol. The molecule has 178 valence electrons. The van der Waals surface area contributed by atoms with Crippen molar-refractivity contribution in [2.75, 3.05) is 24.6 Å². The summed E-state index contributed by atoms with van der Waals surface area (Å²) in [5.41, 5.74) is 3.25. The molecular formula is C27H36N2O4. The van der Waals surface area contributed by atoms with Crippen LogP contribution in [0.1, 0.15) is 79.9 Å². The zero-order valence-corrected chi connectivity index (χ0v) is 19.8. The number of benzene rings is 2. The normalized spacial score (nSPS) is 14.5. The van der Waals surface area contributed by atoms with Crippen LogP contribution in [0.2, 0.25) is 0 Å². The molecule has 0 bridgehead atoms. The zero-order valence-electron chi connectivity index (χ0n) is 19.8. The minimum Gasteiger partial charge on any atom is -0.493 e. The van der Waals surface area contributed by atoms with Crippen LogP contribution in [0, 0.1) is 0 Å². The number of nitrogens with zero attached hydrogens (tertiary/aromatic N) is 1. The van der Waals surface area contributed by atoms with E-state index in [-0.39, 0.29) is 23.9 Å². The van der Waals surface area contributed by atoms with Crippen LogP contribution in [-0.2, 0) is 11.2 Å². The van der Waals surface area contributed by atoms with Crippen LogP contribution >= 0.6 is 0 Å². The third-order valence-corrected chi connectivity index (χ3v) is 6.02. The van der Waals surface area contributed by atoms with Gasteiger partial charge < -0.3 is 20.1 Å². The molecule has 1 saturated heterocycles. The first-order valence-electron chi connectivity index (χ1n) is 12.2. The second-order valence-electron chi connectivity index (χ2n) is 8.68. The molecular weight excluding hydrogens is 416 g/mol. The van der Waals surface area contributed by atoms with E-state index in [1.165, 1.54) is 36.6 Å². The third kappa shape index (κ3) is 6.73. The molecule has 0 spiro atoms. The monoisotopic (exact) mass is 452 g/mol. The molecule has 3 rings (SSSR count). The van der Waals surface area contributed by atoms with Crippen LogP contribution in [0.4, 0.5) is 5.69 Å². The maximum absolute atomic E-state index is 13.0. The van der Waals surface area contributed by atoms with Gasteiger partial charge >= 0.3 is 5.97 Å². The van der Waals surface area contributed by atoms with Crippen LogP contribution in [0.5, 0.6) is 5.75 Å². The average Bonchev–Trinajstić information content (AvgIpc) is 2.83. The first-order chi connectivity index (χ1) is 16.0. The van der Waals surface area contributed by atoms with Crippen molar-refractivity contribution in [1.82, 2.24) is 5.32 Å². The van der Waals surface area contributed by atoms with Gasteiger partial charge in [0.1, 0.15) is 11.3 Å². The van der Waals surface area contributed by atoms with Gasteiger partial charge in [0.25, 0.3) is 0 Å². The molecule has 33 heavy (non-hydrogen) atoms. The summed E-state index contributed by atoms with van der Waals surface area (Å²) >= 11 is 0. The van der Waals surface area contributed by atoms with E-state index in [4.69, 9.17) is 4.74 Å². The highest BCUT2D eigenvalue weighted by atomic mass is 16.5. The van der Waals surface area contributed by atoms with Gasteiger partial charge in [-0.05, 0) is 61.4 Å². The molecule has 2 aromatic carbocycles.